The number of fused-ring (bicyclic) bond motifs is 1. The van der Waals surface area contributed by atoms with Gasteiger partial charge in [0.15, 0.2) is 6.61 Å². The van der Waals surface area contributed by atoms with Gasteiger partial charge < -0.3 is 14.8 Å². The molecule has 1 aliphatic carbocycles. The second-order valence-corrected chi connectivity index (χ2v) is 9.08. The van der Waals surface area contributed by atoms with E-state index in [0.717, 1.165) is 22.5 Å². The maximum atomic E-state index is 12.6. The first-order chi connectivity index (χ1) is 17.1. The van der Waals surface area contributed by atoms with Crippen LogP contribution >= 0.6 is 0 Å². The van der Waals surface area contributed by atoms with Crippen molar-refractivity contribution in [3.05, 3.63) is 71.8 Å². The number of nitrogens with zero attached hydrogens (tertiary/aromatic N) is 3. The van der Waals surface area contributed by atoms with Gasteiger partial charge in [-0.2, -0.15) is 4.80 Å². The summed E-state index contributed by atoms with van der Waals surface area (Å²) in [5.41, 5.74) is 5.25. The second-order valence-electron chi connectivity index (χ2n) is 9.08. The van der Waals surface area contributed by atoms with Crippen LogP contribution in [0.15, 0.2) is 60.7 Å². The Kier molecular flexibility index (Phi) is 6.66. The molecule has 0 saturated heterocycles. The Morgan fingerprint density at radius 1 is 0.943 bits per heavy atom. The van der Waals surface area contributed by atoms with Gasteiger partial charge in [-0.25, -0.2) is 0 Å². The lowest BCUT2D eigenvalue weighted by Crippen LogP contribution is -2.20. The third kappa shape index (κ3) is 5.29. The van der Waals surface area contributed by atoms with Crippen LogP contribution in [0, 0.1) is 6.92 Å². The van der Waals surface area contributed by atoms with Crippen molar-refractivity contribution in [3.63, 3.8) is 0 Å². The molecule has 1 heterocycles. The summed E-state index contributed by atoms with van der Waals surface area (Å²) in [6.45, 7) is 1.88. The van der Waals surface area contributed by atoms with Crippen molar-refractivity contribution in [3.8, 4) is 17.2 Å². The van der Waals surface area contributed by atoms with Crippen molar-refractivity contribution >= 4 is 22.6 Å². The van der Waals surface area contributed by atoms with E-state index in [1.165, 1.54) is 37.7 Å². The van der Waals surface area contributed by atoms with Gasteiger partial charge in [0.25, 0.3) is 5.91 Å². The number of hydrogen-bond acceptors (Lipinski definition) is 5. The molecule has 0 spiro atoms. The zero-order valence-electron chi connectivity index (χ0n) is 20.2. The Morgan fingerprint density at radius 3 is 2.29 bits per heavy atom. The molecule has 1 aromatic heterocycles. The first-order valence-electron chi connectivity index (χ1n) is 12.1. The van der Waals surface area contributed by atoms with Crippen molar-refractivity contribution in [2.24, 2.45) is 0 Å². The molecule has 5 rings (SSSR count). The van der Waals surface area contributed by atoms with E-state index in [1.54, 1.807) is 11.9 Å². The molecule has 3 aromatic carbocycles. The minimum absolute atomic E-state index is 0.0568. The zero-order valence-corrected chi connectivity index (χ0v) is 20.2. The highest BCUT2D eigenvalue weighted by atomic mass is 16.5. The molecule has 0 radical (unpaired) electrons. The molecule has 4 aromatic rings. The van der Waals surface area contributed by atoms with Crippen LogP contribution in [0.4, 0.5) is 5.69 Å². The SMILES string of the molecule is COc1ccc(-n2nc3cc(C)c(NC(=O)COc4ccc(C5CCCCC5)cc4)cc3n2)cc1. The molecule has 180 valence electrons. The number of aryl methyl sites for hydroxylation is 1. The van der Waals surface area contributed by atoms with E-state index in [1.807, 2.05) is 55.5 Å². The van der Waals surface area contributed by atoms with Crippen molar-refractivity contribution < 1.29 is 14.3 Å². The number of nitrogens with one attached hydrogen (secondary N) is 1. The minimum Gasteiger partial charge on any atom is -0.497 e. The maximum Gasteiger partial charge on any atom is 0.262 e. The lowest BCUT2D eigenvalue weighted by molar-refractivity contribution is -0.118. The fourth-order valence-electron chi connectivity index (χ4n) is 4.64. The van der Waals surface area contributed by atoms with Crippen molar-refractivity contribution in [2.75, 3.05) is 19.0 Å². The van der Waals surface area contributed by atoms with Gasteiger partial charge in [-0.1, -0.05) is 31.4 Å². The van der Waals surface area contributed by atoms with E-state index >= 15 is 0 Å². The maximum absolute atomic E-state index is 12.6. The third-order valence-corrected chi connectivity index (χ3v) is 6.63. The van der Waals surface area contributed by atoms with Crippen molar-refractivity contribution in [2.45, 2.75) is 44.9 Å². The number of aromatic nitrogens is 3. The normalized spacial score (nSPS) is 14.1. The van der Waals surface area contributed by atoms with E-state index in [4.69, 9.17) is 9.47 Å². The number of hydrogen-bond donors (Lipinski definition) is 1. The molecule has 1 amide bonds. The first kappa shape index (κ1) is 22.9. The summed E-state index contributed by atoms with van der Waals surface area (Å²) in [7, 11) is 1.63. The summed E-state index contributed by atoms with van der Waals surface area (Å²) in [5, 5.41) is 12.1. The van der Waals surface area contributed by atoms with Crippen LogP contribution in [0.1, 0.15) is 49.1 Å². The van der Waals surface area contributed by atoms with Crippen molar-refractivity contribution in [1.82, 2.24) is 15.0 Å². The highest BCUT2D eigenvalue weighted by Gasteiger charge is 2.16. The average Bonchev–Trinajstić information content (AvgIpc) is 3.31. The smallest absolute Gasteiger partial charge is 0.262 e. The number of anilines is 1. The highest BCUT2D eigenvalue weighted by Crippen LogP contribution is 2.33. The van der Waals surface area contributed by atoms with Gasteiger partial charge in [-0.15, -0.1) is 10.2 Å². The largest absolute Gasteiger partial charge is 0.497 e. The number of rotatable bonds is 7. The fraction of sp³-hybridized carbons (Fsp3) is 0.321. The monoisotopic (exact) mass is 470 g/mol. The zero-order chi connectivity index (χ0) is 24.2. The minimum atomic E-state index is -0.216. The third-order valence-electron chi connectivity index (χ3n) is 6.63. The molecule has 1 fully saturated rings. The summed E-state index contributed by atoms with van der Waals surface area (Å²) in [6.07, 6.45) is 6.50. The number of carbonyl (C=O) groups is 1. The number of ether oxygens (including phenoxy) is 2. The summed E-state index contributed by atoms with van der Waals surface area (Å²) in [5.74, 6) is 1.91. The van der Waals surface area contributed by atoms with Crippen LogP contribution in [-0.4, -0.2) is 34.6 Å². The van der Waals surface area contributed by atoms with Crippen LogP contribution in [0.5, 0.6) is 11.5 Å². The molecule has 0 bridgehead atoms. The standard InChI is InChI=1S/C28H30N4O3/c1-19-16-26-27(31-32(30-26)22-10-14-23(34-2)15-11-22)17-25(19)29-28(33)18-35-24-12-8-21(9-13-24)20-6-4-3-5-7-20/h8-17,20H,3-7,18H2,1-2H3,(H,29,33). The molecule has 0 unspecified atom stereocenters. The predicted molar refractivity (Wildman–Crippen MR) is 137 cm³/mol. The van der Waals surface area contributed by atoms with Gasteiger partial charge in [-0.05, 0) is 85.3 Å². The number of methoxy groups -OCH3 is 1. The predicted octanol–water partition coefficient (Wildman–Crippen LogP) is 5.80. The molecule has 1 saturated carbocycles. The molecule has 0 aliphatic heterocycles. The number of carbonyl (C=O) groups excluding carboxylic acids is 1. The first-order valence-corrected chi connectivity index (χ1v) is 12.1. The second kappa shape index (κ2) is 10.2. The van der Waals surface area contributed by atoms with E-state index < -0.39 is 0 Å². The van der Waals surface area contributed by atoms with Gasteiger partial charge in [0.1, 0.15) is 22.5 Å². The molecule has 35 heavy (non-hydrogen) atoms. The average molecular weight is 471 g/mol. The van der Waals surface area contributed by atoms with E-state index in [2.05, 4.69) is 27.6 Å². The Balaban J connectivity index is 1.22. The highest BCUT2D eigenvalue weighted by molar-refractivity contribution is 5.95. The van der Waals surface area contributed by atoms with Crippen LogP contribution < -0.4 is 14.8 Å². The number of benzene rings is 3. The lowest BCUT2D eigenvalue weighted by atomic mass is 9.84. The van der Waals surface area contributed by atoms with Gasteiger partial charge >= 0.3 is 0 Å². The van der Waals surface area contributed by atoms with E-state index in [-0.39, 0.29) is 12.5 Å². The lowest BCUT2D eigenvalue weighted by Gasteiger charge is -2.22. The molecule has 1 N–H and O–H groups in total. The Hall–Kier alpha value is -3.87. The fourth-order valence-corrected chi connectivity index (χ4v) is 4.64. The quantitative estimate of drug-likeness (QED) is 0.369. The van der Waals surface area contributed by atoms with Crippen molar-refractivity contribution in [1.29, 1.82) is 0 Å². The Labute approximate surface area is 205 Å². The van der Waals surface area contributed by atoms with Gasteiger partial charge in [-0.3, -0.25) is 4.79 Å². The summed E-state index contributed by atoms with van der Waals surface area (Å²) in [4.78, 5) is 14.2. The van der Waals surface area contributed by atoms with Crippen LogP contribution in [0.2, 0.25) is 0 Å². The van der Waals surface area contributed by atoms with Crippen LogP contribution in [0.25, 0.3) is 16.7 Å². The van der Waals surface area contributed by atoms with E-state index in [0.29, 0.717) is 22.9 Å². The molecule has 1 aliphatic rings. The molecule has 7 nitrogen and oxygen atoms in total. The molecule has 7 heteroatoms. The van der Waals surface area contributed by atoms with Gasteiger partial charge in [0.05, 0.1) is 12.8 Å². The Bertz CT molecular complexity index is 1310. The Morgan fingerprint density at radius 2 is 1.60 bits per heavy atom. The van der Waals surface area contributed by atoms with Gasteiger partial charge in [0, 0.05) is 5.69 Å². The van der Waals surface area contributed by atoms with E-state index in [9.17, 15) is 4.79 Å². The molecular formula is C28H30N4O3. The summed E-state index contributed by atoms with van der Waals surface area (Å²) >= 11 is 0. The molecular weight excluding hydrogens is 440 g/mol. The summed E-state index contributed by atoms with van der Waals surface area (Å²) in [6, 6.07) is 19.5. The van der Waals surface area contributed by atoms with Gasteiger partial charge in [0.2, 0.25) is 0 Å². The van der Waals surface area contributed by atoms with Crippen LogP contribution in [0.3, 0.4) is 0 Å². The van der Waals surface area contributed by atoms with Crippen LogP contribution in [-0.2, 0) is 4.79 Å². The molecule has 0 atom stereocenters. The summed E-state index contributed by atoms with van der Waals surface area (Å²) < 4.78 is 10.9. The number of amides is 1. The topological polar surface area (TPSA) is 78.3 Å².